The van der Waals surface area contributed by atoms with Gasteiger partial charge in [0, 0.05) is 0 Å². The molecule has 0 radical (unpaired) electrons. The Balaban J connectivity index is 2.65. The second-order valence-corrected chi connectivity index (χ2v) is 5.87. The number of alkyl halides is 2. The van der Waals surface area contributed by atoms with Crippen LogP contribution in [0.15, 0.2) is 35.2 Å². The zero-order valence-electron chi connectivity index (χ0n) is 8.47. The molecule has 1 aromatic rings. The van der Waals surface area contributed by atoms with E-state index < -0.39 is 21.0 Å². The smallest absolute Gasteiger partial charge is 0.421 e. The first-order chi connectivity index (χ1) is 7.92. The van der Waals surface area contributed by atoms with Gasteiger partial charge in [-0.3, -0.25) is 0 Å². The Labute approximate surface area is 109 Å². The number of rotatable bonds is 4. The van der Waals surface area contributed by atoms with Crippen LogP contribution in [0.3, 0.4) is 0 Å². The molecule has 0 heterocycles. The summed E-state index contributed by atoms with van der Waals surface area (Å²) in [7, 11) is -3.92. The van der Waals surface area contributed by atoms with Crippen molar-refractivity contribution in [1.82, 2.24) is 4.72 Å². The molecule has 1 aromatic carbocycles. The Morgan fingerprint density at radius 3 is 2.41 bits per heavy atom. The van der Waals surface area contributed by atoms with E-state index in [-0.39, 0.29) is 11.5 Å². The van der Waals surface area contributed by atoms with Crippen LogP contribution < -0.4 is 4.72 Å². The Kier molecular flexibility index (Phi) is 5.04. The topological polar surface area (TPSA) is 72.5 Å². The molecule has 17 heavy (non-hydrogen) atoms. The van der Waals surface area contributed by atoms with E-state index >= 15 is 0 Å². The summed E-state index contributed by atoms with van der Waals surface area (Å²) in [6.07, 6.45) is -1.12. The highest BCUT2D eigenvalue weighted by molar-refractivity contribution is 7.90. The summed E-state index contributed by atoms with van der Waals surface area (Å²) < 4.78 is 29.4. The molecule has 0 aromatic heterocycles. The second kappa shape index (κ2) is 6.09. The molecule has 1 rings (SSSR count). The Morgan fingerprint density at radius 2 is 1.88 bits per heavy atom. The van der Waals surface area contributed by atoms with Gasteiger partial charge in [0.2, 0.25) is 0 Å². The molecular formula is C9H9Cl2NO4S. The fraction of sp³-hybridized carbons (Fsp3) is 0.222. The molecule has 0 aliphatic heterocycles. The van der Waals surface area contributed by atoms with Crippen LogP contribution in [0, 0.1) is 0 Å². The Bertz CT molecular complexity index is 475. The lowest BCUT2D eigenvalue weighted by Crippen LogP contribution is -2.32. The molecule has 94 valence electrons. The van der Waals surface area contributed by atoms with Gasteiger partial charge >= 0.3 is 6.09 Å². The standard InChI is InChI=1S/C9H9Cl2NO4S/c10-8(11)6-16-9(13)12-17(14,15)7-4-2-1-3-5-7/h1-5,8H,6H2,(H,12,13). The normalized spacial score (nSPS) is 11.2. The van der Waals surface area contributed by atoms with Crippen molar-refractivity contribution in [2.24, 2.45) is 0 Å². The third kappa shape index (κ3) is 4.80. The van der Waals surface area contributed by atoms with E-state index in [9.17, 15) is 13.2 Å². The molecule has 1 amide bonds. The van der Waals surface area contributed by atoms with Gasteiger partial charge in [-0.1, -0.05) is 18.2 Å². The lowest BCUT2D eigenvalue weighted by atomic mass is 10.4. The molecule has 0 fully saturated rings. The van der Waals surface area contributed by atoms with E-state index in [2.05, 4.69) is 4.74 Å². The summed E-state index contributed by atoms with van der Waals surface area (Å²) in [5, 5.41) is 0. The number of sulfonamides is 1. The van der Waals surface area contributed by atoms with Gasteiger partial charge in [-0.05, 0) is 12.1 Å². The van der Waals surface area contributed by atoms with E-state index in [0.717, 1.165) is 0 Å². The number of halogens is 2. The summed E-state index contributed by atoms with van der Waals surface area (Å²) in [5.41, 5.74) is 0. The number of benzene rings is 1. The van der Waals surface area contributed by atoms with Crippen molar-refractivity contribution < 1.29 is 17.9 Å². The minimum atomic E-state index is -3.92. The number of hydrogen-bond donors (Lipinski definition) is 1. The highest BCUT2D eigenvalue weighted by Gasteiger charge is 2.18. The first kappa shape index (κ1) is 14.1. The van der Waals surface area contributed by atoms with E-state index in [1.165, 1.54) is 24.3 Å². The van der Waals surface area contributed by atoms with E-state index in [0.29, 0.717) is 0 Å². The molecule has 0 atom stereocenters. The highest BCUT2D eigenvalue weighted by atomic mass is 35.5. The lowest BCUT2D eigenvalue weighted by molar-refractivity contribution is 0.157. The predicted molar refractivity (Wildman–Crippen MR) is 63.6 cm³/mol. The average Bonchev–Trinajstić information content (AvgIpc) is 2.27. The van der Waals surface area contributed by atoms with Crippen LogP contribution >= 0.6 is 23.2 Å². The quantitative estimate of drug-likeness (QED) is 0.862. The summed E-state index contributed by atoms with van der Waals surface area (Å²) in [6, 6.07) is 7.42. The molecular weight excluding hydrogens is 289 g/mol. The van der Waals surface area contributed by atoms with Gasteiger partial charge in [0.05, 0.1) is 4.90 Å². The van der Waals surface area contributed by atoms with Crippen molar-refractivity contribution in [3.8, 4) is 0 Å². The summed E-state index contributed by atoms with van der Waals surface area (Å²) >= 11 is 10.6. The van der Waals surface area contributed by atoms with Crippen molar-refractivity contribution >= 4 is 39.3 Å². The zero-order chi connectivity index (χ0) is 12.9. The second-order valence-electron chi connectivity index (χ2n) is 2.91. The van der Waals surface area contributed by atoms with Crippen molar-refractivity contribution in [3.05, 3.63) is 30.3 Å². The predicted octanol–water partition coefficient (Wildman–Crippen LogP) is 1.91. The van der Waals surface area contributed by atoms with Gasteiger partial charge in [-0.15, -0.1) is 23.2 Å². The number of carbonyl (C=O) groups is 1. The van der Waals surface area contributed by atoms with Crippen LogP contribution in [0.2, 0.25) is 0 Å². The van der Waals surface area contributed by atoms with Gasteiger partial charge in [0.15, 0.2) is 0 Å². The maximum atomic E-state index is 11.6. The van der Waals surface area contributed by atoms with Crippen LogP contribution in [0.4, 0.5) is 4.79 Å². The van der Waals surface area contributed by atoms with Crippen LogP contribution in [0.1, 0.15) is 0 Å². The van der Waals surface area contributed by atoms with Gasteiger partial charge < -0.3 is 4.74 Å². The first-order valence-corrected chi connectivity index (χ1v) is 6.80. The Morgan fingerprint density at radius 1 is 1.29 bits per heavy atom. The van der Waals surface area contributed by atoms with E-state index in [1.54, 1.807) is 10.8 Å². The summed E-state index contributed by atoms with van der Waals surface area (Å²) in [5.74, 6) is 0. The summed E-state index contributed by atoms with van der Waals surface area (Å²) in [6.45, 7) is -0.292. The SMILES string of the molecule is O=C(NS(=O)(=O)c1ccccc1)OCC(Cl)Cl. The fourth-order valence-electron chi connectivity index (χ4n) is 0.936. The maximum absolute atomic E-state index is 11.6. The van der Waals surface area contributed by atoms with E-state index in [4.69, 9.17) is 23.2 Å². The number of hydrogen-bond acceptors (Lipinski definition) is 4. The molecule has 0 bridgehead atoms. The summed E-state index contributed by atoms with van der Waals surface area (Å²) in [4.78, 5) is 10.2. The third-order valence-corrected chi connectivity index (χ3v) is 3.19. The molecule has 0 spiro atoms. The minimum Gasteiger partial charge on any atom is -0.446 e. The number of amides is 1. The van der Waals surface area contributed by atoms with E-state index in [1.807, 2.05) is 0 Å². The third-order valence-electron chi connectivity index (χ3n) is 1.61. The number of ether oxygens (including phenoxy) is 1. The average molecular weight is 298 g/mol. The first-order valence-electron chi connectivity index (χ1n) is 4.44. The number of carbonyl (C=O) groups excluding carboxylic acids is 1. The molecule has 1 N–H and O–H groups in total. The van der Waals surface area contributed by atoms with Gasteiger partial charge in [-0.25, -0.2) is 17.9 Å². The largest absolute Gasteiger partial charge is 0.446 e. The van der Waals surface area contributed by atoms with Crippen LogP contribution in [-0.2, 0) is 14.8 Å². The maximum Gasteiger partial charge on any atom is 0.421 e. The van der Waals surface area contributed by atoms with Gasteiger partial charge in [-0.2, -0.15) is 0 Å². The van der Waals surface area contributed by atoms with Gasteiger partial charge in [0.25, 0.3) is 10.0 Å². The lowest BCUT2D eigenvalue weighted by Gasteiger charge is -2.07. The molecule has 5 nitrogen and oxygen atoms in total. The molecule has 0 saturated carbocycles. The fourth-order valence-corrected chi connectivity index (χ4v) is 1.97. The molecule has 0 unspecified atom stereocenters. The molecule has 0 saturated heterocycles. The van der Waals surface area contributed by atoms with Crippen molar-refractivity contribution in [3.63, 3.8) is 0 Å². The van der Waals surface area contributed by atoms with Crippen molar-refractivity contribution in [2.45, 2.75) is 9.73 Å². The van der Waals surface area contributed by atoms with Crippen LogP contribution in [-0.4, -0.2) is 26.0 Å². The molecule has 0 aliphatic rings. The zero-order valence-corrected chi connectivity index (χ0v) is 10.8. The van der Waals surface area contributed by atoms with Crippen LogP contribution in [0.5, 0.6) is 0 Å². The van der Waals surface area contributed by atoms with Crippen LogP contribution in [0.25, 0.3) is 0 Å². The van der Waals surface area contributed by atoms with Crippen molar-refractivity contribution in [2.75, 3.05) is 6.61 Å². The monoisotopic (exact) mass is 297 g/mol. The molecule has 8 heteroatoms. The van der Waals surface area contributed by atoms with Gasteiger partial charge in [0.1, 0.15) is 11.4 Å². The van der Waals surface area contributed by atoms with Crippen molar-refractivity contribution in [1.29, 1.82) is 0 Å². The Hall–Kier alpha value is -0.980. The highest BCUT2D eigenvalue weighted by Crippen LogP contribution is 2.07. The number of nitrogens with one attached hydrogen (secondary N) is 1. The minimum absolute atomic E-state index is 0.0368. The molecule has 0 aliphatic carbocycles.